The molecule has 0 saturated carbocycles. The van der Waals surface area contributed by atoms with E-state index in [9.17, 15) is 31.2 Å². The van der Waals surface area contributed by atoms with Crippen molar-refractivity contribution in [2.75, 3.05) is 6.61 Å². The van der Waals surface area contributed by atoms with Crippen LogP contribution in [0, 0.1) is 5.92 Å². The summed E-state index contributed by atoms with van der Waals surface area (Å²) in [7, 11) is -4.44. The zero-order valence-corrected chi connectivity index (χ0v) is 14.1. The van der Waals surface area contributed by atoms with Gasteiger partial charge in [-0.2, -0.15) is 17.9 Å². The minimum atomic E-state index is -4.72. The molecule has 0 radical (unpaired) electrons. The molecule has 0 aliphatic rings. The Balaban J connectivity index is 3.08. The largest absolute Gasteiger partial charge is 0.454 e. The number of esters is 1. The maximum absolute atomic E-state index is 12.7. The lowest BCUT2D eigenvalue weighted by Gasteiger charge is -2.20. The Morgan fingerprint density at radius 2 is 1.88 bits per heavy atom. The Hall–Kier alpha value is -2.14. The van der Waals surface area contributed by atoms with E-state index in [0.29, 0.717) is 6.07 Å². The third kappa shape index (κ3) is 6.02. The molecule has 140 valence electrons. The Kier molecular flexibility index (Phi) is 6.54. The van der Waals surface area contributed by atoms with Crippen LogP contribution in [0.1, 0.15) is 19.4 Å². The van der Waals surface area contributed by atoms with Crippen molar-refractivity contribution in [1.29, 1.82) is 0 Å². The van der Waals surface area contributed by atoms with Gasteiger partial charge in [0.25, 0.3) is 5.91 Å². The maximum atomic E-state index is 12.7. The van der Waals surface area contributed by atoms with Gasteiger partial charge < -0.3 is 10.5 Å². The standard InChI is InChI=1S/C14H17F3N2O5S/c1-8(2)12(13(21)24-7-11(18)20)19-25(22,23)10-5-3-4-9(6-10)14(15,16)17/h3-6,8,12,19H,7H2,1-2H3,(H2,18,20)/t12-/m0/s1. The molecule has 1 aromatic carbocycles. The number of rotatable bonds is 7. The van der Waals surface area contributed by atoms with E-state index in [-0.39, 0.29) is 0 Å². The fourth-order valence-electron chi connectivity index (χ4n) is 1.76. The first kappa shape index (κ1) is 20.9. The highest BCUT2D eigenvalue weighted by Crippen LogP contribution is 2.30. The number of halogens is 3. The van der Waals surface area contributed by atoms with Crippen molar-refractivity contribution in [2.24, 2.45) is 11.7 Å². The number of primary amides is 1. The lowest BCUT2D eigenvalue weighted by Crippen LogP contribution is -2.45. The summed E-state index contributed by atoms with van der Waals surface area (Å²) in [5, 5.41) is 0. The molecule has 0 bridgehead atoms. The number of amides is 1. The molecule has 0 aromatic heterocycles. The van der Waals surface area contributed by atoms with E-state index in [1.165, 1.54) is 13.8 Å². The quantitative estimate of drug-likeness (QED) is 0.684. The second kappa shape index (κ2) is 7.83. The number of carbonyl (C=O) groups is 2. The van der Waals surface area contributed by atoms with Crippen molar-refractivity contribution in [2.45, 2.75) is 31.0 Å². The predicted octanol–water partition coefficient (Wildman–Crippen LogP) is 1.04. The molecule has 3 N–H and O–H groups in total. The first-order valence-electron chi connectivity index (χ1n) is 6.99. The molecule has 1 rings (SSSR count). The summed E-state index contributed by atoms with van der Waals surface area (Å²) >= 11 is 0. The third-order valence-electron chi connectivity index (χ3n) is 3.03. The van der Waals surface area contributed by atoms with Gasteiger partial charge in [0, 0.05) is 0 Å². The maximum Gasteiger partial charge on any atom is 0.416 e. The van der Waals surface area contributed by atoms with Crippen molar-refractivity contribution in [1.82, 2.24) is 4.72 Å². The zero-order valence-electron chi connectivity index (χ0n) is 13.3. The highest BCUT2D eigenvalue weighted by Gasteiger charge is 2.33. The minimum absolute atomic E-state index is 0.453. The molecule has 7 nitrogen and oxygen atoms in total. The summed E-state index contributed by atoms with van der Waals surface area (Å²) in [5.41, 5.74) is 3.69. The van der Waals surface area contributed by atoms with E-state index in [1.54, 1.807) is 0 Å². The van der Waals surface area contributed by atoms with Gasteiger partial charge in [-0.05, 0) is 24.1 Å². The van der Waals surface area contributed by atoms with Crippen LogP contribution in [0.4, 0.5) is 13.2 Å². The summed E-state index contributed by atoms with van der Waals surface area (Å²) in [4.78, 5) is 21.9. The highest BCUT2D eigenvalue weighted by atomic mass is 32.2. The van der Waals surface area contributed by atoms with E-state index >= 15 is 0 Å². The van der Waals surface area contributed by atoms with Gasteiger partial charge in [-0.25, -0.2) is 8.42 Å². The van der Waals surface area contributed by atoms with E-state index in [1.807, 2.05) is 4.72 Å². The van der Waals surface area contributed by atoms with Gasteiger partial charge in [0.2, 0.25) is 10.0 Å². The molecule has 0 saturated heterocycles. The SMILES string of the molecule is CC(C)[C@H](NS(=O)(=O)c1cccc(C(F)(F)F)c1)C(=O)OCC(N)=O. The first-order chi connectivity index (χ1) is 11.3. The van der Waals surface area contributed by atoms with Gasteiger partial charge in [0.1, 0.15) is 6.04 Å². The number of sulfonamides is 1. The summed E-state index contributed by atoms with van der Waals surface area (Å²) in [6.07, 6.45) is -4.72. The van der Waals surface area contributed by atoms with Crippen LogP contribution in [-0.2, 0) is 30.5 Å². The van der Waals surface area contributed by atoms with Crippen molar-refractivity contribution in [3.8, 4) is 0 Å². The van der Waals surface area contributed by atoms with E-state index in [2.05, 4.69) is 4.74 Å². The smallest absolute Gasteiger partial charge is 0.416 e. The second-order valence-corrected chi connectivity index (χ2v) is 7.16. The molecule has 0 unspecified atom stereocenters. The molecule has 0 fully saturated rings. The van der Waals surface area contributed by atoms with Crippen LogP contribution in [0.15, 0.2) is 29.2 Å². The third-order valence-corrected chi connectivity index (χ3v) is 4.47. The number of ether oxygens (including phenoxy) is 1. The number of alkyl halides is 3. The summed E-state index contributed by atoms with van der Waals surface area (Å²) in [5.74, 6) is -2.60. The van der Waals surface area contributed by atoms with E-state index < -0.39 is 57.1 Å². The highest BCUT2D eigenvalue weighted by molar-refractivity contribution is 7.89. The van der Waals surface area contributed by atoms with Crippen LogP contribution < -0.4 is 10.5 Å². The number of nitrogens with one attached hydrogen (secondary N) is 1. The Labute approximate surface area is 142 Å². The molecule has 1 aromatic rings. The normalized spacial score (nSPS) is 13.5. The van der Waals surface area contributed by atoms with Gasteiger partial charge in [-0.1, -0.05) is 19.9 Å². The van der Waals surface area contributed by atoms with Gasteiger partial charge in [-0.15, -0.1) is 0 Å². The summed E-state index contributed by atoms with van der Waals surface area (Å²) in [6.45, 7) is 2.24. The van der Waals surface area contributed by atoms with Crippen molar-refractivity contribution in [3.63, 3.8) is 0 Å². The van der Waals surface area contributed by atoms with Crippen LogP contribution in [0.3, 0.4) is 0 Å². The van der Waals surface area contributed by atoms with Gasteiger partial charge >= 0.3 is 12.1 Å². The minimum Gasteiger partial charge on any atom is -0.454 e. The van der Waals surface area contributed by atoms with Crippen LogP contribution in [-0.4, -0.2) is 32.9 Å². The average Bonchev–Trinajstić information content (AvgIpc) is 2.49. The molecule has 0 spiro atoms. The van der Waals surface area contributed by atoms with Crippen LogP contribution in [0.2, 0.25) is 0 Å². The molecular weight excluding hydrogens is 365 g/mol. The topological polar surface area (TPSA) is 116 Å². The summed E-state index contributed by atoms with van der Waals surface area (Å²) < 4.78 is 69.3. The Morgan fingerprint density at radius 1 is 1.28 bits per heavy atom. The molecule has 25 heavy (non-hydrogen) atoms. The first-order valence-corrected chi connectivity index (χ1v) is 8.47. The second-order valence-electron chi connectivity index (χ2n) is 5.44. The molecular formula is C14H17F3N2O5S. The Morgan fingerprint density at radius 3 is 2.36 bits per heavy atom. The van der Waals surface area contributed by atoms with Crippen molar-refractivity contribution in [3.05, 3.63) is 29.8 Å². The fraction of sp³-hybridized carbons (Fsp3) is 0.429. The lowest BCUT2D eigenvalue weighted by atomic mass is 10.1. The predicted molar refractivity (Wildman–Crippen MR) is 80.5 cm³/mol. The molecule has 0 aliphatic heterocycles. The molecule has 1 amide bonds. The van der Waals surface area contributed by atoms with Crippen molar-refractivity contribution >= 4 is 21.9 Å². The molecule has 11 heteroatoms. The number of hydrogen-bond donors (Lipinski definition) is 2. The van der Waals surface area contributed by atoms with Gasteiger partial charge in [0.05, 0.1) is 10.5 Å². The molecule has 0 heterocycles. The molecule has 1 atom stereocenters. The lowest BCUT2D eigenvalue weighted by molar-refractivity contribution is -0.150. The van der Waals surface area contributed by atoms with Crippen LogP contribution >= 0.6 is 0 Å². The Bertz CT molecular complexity index is 747. The monoisotopic (exact) mass is 382 g/mol. The van der Waals surface area contributed by atoms with Gasteiger partial charge in [-0.3, -0.25) is 9.59 Å². The molecule has 0 aliphatic carbocycles. The fourth-order valence-corrected chi connectivity index (χ4v) is 3.14. The zero-order chi connectivity index (χ0) is 19.4. The number of hydrogen-bond acceptors (Lipinski definition) is 5. The van der Waals surface area contributed by atoms with E-state index in [0.717, 1.165) is 18.2 Å². The van der Waals surface area contributed by atoms with Gasteiger partial charge in [0.15, 0.2) is 6.61 Å². The van der Waals surface area contributed by atoms with Crippen LogP contribution in [0.5, 0.6) is 0 Å². The van der Waals surface area contributed by atoms with E-state index in [4.69, 9.17) is 5.73 Å². The average molecular weight is 382 g/mol. The van der Waals surface area contributed by atoms with Crippen molar-refractivity contribution < 1.29 is 35.9 Å². The number of nitrogens with two attached hydrogens (primary N) is 1. The number of benzene rings is 1. The summed E-state index contributed by atoms with van der Waals surface area (Å²) in [6, 6.07) is 1.67. The van der Waals surface area contributed by atoms with Crippen LogP contribution in [0.25, 0.3) is 0 Å². The number of carbonyl (C=O) groups excluding carboxylic acids is 2.